The maximum atomic E-state index is 12.6. The van der Waals surface area contributed by atoms with Gasteiger partial charge in [-0.25, -0.2) is 0 Å². The molecular formula is C20H25N3O2. The average molecular weight is 339 g/mol. The third kappa shape index (κ3) is 3.28. The summed E-state index contributed by atoms with van der Waals surface area (Å²) in [6.07, 6.45) is 6.24. The number of hydrogen-bond donors (Lipinski definition) is 2. The Hall–Kier alpha value is -2.30. The minimum atomic E-state index is 0.0140. The van der Waals surface area contributed by atoms with Gasteiger partial charge in [0.1, 0.15) is 0 Å². The number of H-pyrrole nitrogens is 1. The number of aromatic nitrogens is 1. The first-order chi connectivity index (χ1) is 12.2. The number of rotatable bonds is 3. The maximum Gasteiger partial charge on any atom is 0.242 e. The summed E-state index contributed by atoms with van der Waals surface area (Å²) >= 11 is 0. The van der Waals surface area contributed by atoms with E-state index in [0.29, 0.717) is 13.1 Å². The van der Waals surface area contributed by atoms with Gasteiger partial charge in [-0.2, -0.15) is 0 Å². The zero-order valence-corrected chi connectivity index (χ0v) is 14.5. The van der Waals surface area contributed by atoms with Crippen molar-refractivity contribution in [3.8, 4) is 0 Å². The lowest BCUT2D eigenvalue weighted by molar-refractivity contribution is -0.134. The molecule has 1 aliphatic carbocycles. The zero-order valence-electron chi connectivity index (χ0n) is 14.5. The van der Waals surface area contributed by atoms with Crippen molar-refractivity contribution in [2.45, 2.75) is 45.1 Å². The highest BCUT2D eigenvalue weighted by atomic mass is 16.2. The molecule has 2 heterocycles. The van der Waals surface area contributed by atoms with Crippen molar-refractivity contribution < 1.29 is 9.59 Å². The van der Waals surface area contributed by atoms with Crippen LogP contribution in [0.2, 0.25) is 0 Å². The standard InChI is InChI=1S/C20H25N3O2/c24-19(12-21-20(25)14-6-2-1-3-7-14)23-11-10-18-16(13-23)15-8-4-5-9-17(15)22-18/h4-5,8-9,14,22H,1-3,6-7,10-13H2,(H,21,25). The van der Waals surface area contributed by atoms with Crippen LogP contribution in [0.1, 0.15) is 43.4 Å². The van der Waals surface area contributed by atoms with E-state index in [1.54, 1.807) is 0 Å². The number of nitrogens with one attached hydrogen (secondary N) is 2. The van der Waals surface area contributed by atoms with Crippen LogP contribution in [-0.2, 0) is 22.6 Å². The number of amides is 2. The lowest BCUT2D eigenvalue weighted by Gasteiger charge is -2.28. The quantitative estimate of drug-likeness (QED) is 0.903. The van der Waals surface area contributed by atoms with Crippen molar-refractivity contribution >= 4 is 22.7 Å². The number of fused-ring (bicyclic) bond motifs is 3. The molecule has 0 radical (unpaired) electrons. The number of benzene rings is 1. The Kier molecular flexibility index (Phi) is 4.47. The molecule has 2 aromatic rings. The number of carbonyl (C=O) groups excluding carboxylic acids is 2. The molecule has 2 aliphatic rings. The highest BCUT2D eigenvalue weighted by Gasteiger charge is 2.25. The molecule has 1 aromatic carbocycles. The normalized spacial score (nSPS) is 18.2. The van der Waals surface area contributed by atoms with E-state index < -0.39 is 0 Å². The lowest BCUT2D eigenvalue weighted by Crippen LogP contribution is -2.44. The number of nitrogens with zero attached hydrogens (tertiary/aromatic N) is 1. The summed E-state index contributed by atoms with van der Waals surface area (Å²) in [4.78, 5) is 30.1. The molecule has 0 saturated heterocycles. The molecule has 0 unspecified atom stereocenters. The number of carbonyl (C=O) groups is 2. The summed E-state index contributed by atoms with van der Waals surface area (Å²) in [6, 6.07) is 8.23. The molecule has 2 amide bonds. The SMILES string of the molecule is O=C(NCC(=O)N1CCc2[nH]c3ccccc3c2C1)C1CCCCC1. The lowest BCUT2D eigenvalue weighted by atomic mass is 9.89. The Balaban J connectivity index is 1.38. The van der Waals surface area contributed by atoms with Gasteiger partial charge in [0.05, 0.1) is 6.54 Å². The van der Waals surface area contributed by atoms with E-state index >= 15 is 0 Å². The van der Waals surface area contributed by atoms with Crippen LogP contribution in [0.5, 0.6) is 0 Å². The zero-order chi connectivity index (χ0) is 17.2. The largest absolute Gasteiger partial charge is 0.358 e. The van der Waals surface area contributed by atoms with E-state index in [1.807, 2.05) is 17.0 Å². The Morgan fingerprint density at radius 3 is 2.80 bits per heavy atom. The summed E-state index contributed by atoms with van der Waals surface area (Å²) in [5.74, 6) is 0.168. The van der Waals surface area contributed by atoms with Crippen LogP contribution < -0.4 is 5.32 Å². The highest BCUT2D eigenvalue weighted by Crippen LogP contribution is 2.27. The number of para-hydroxylation sites is 1. The van der Waals surface area contributed by atoms with Gasteiger partial charge in [0.15, 0.2) is 0 Å². The van der Waals surface area contributed by atoms with Crippen molar-refractivity contribution in [2.75, 3.05) is 13.1 Å². The van der Waals surface area contributed by atoms with Gasteiger partial charge in [0.25, 0.3) is 0 Å². The molecule has 1 saturated carbocycles. The second-order valence-electron chi connectivity index (χ2n) is 7.25. The van der Waals surface area contributed by atoms with Crippen molar-refractivity contribution in [1.82, 2.24) is 15.2 Å². The van der Waals surface area contributed by atoms with E-state index in [4.69, 9.17) is 0 Å². The number of aromatic amines is 1. The molecule has 4 rings (SSSR count). The van der Waals surface area contributed by atoms with Crippen molar-refractivity contribution in [3.05, 3.63) is 35.5 Å². The van der Waals surface area contributed by atoms with E-state index in [1.165, 1.54) is 23.1 Å². The van der Waals surface area contributed by atoms with Gasteiger partial charge in [-0.05, 0) is 18.9 Å². The van der Waals surface area contributed by atoms with Crippen LogP contribution in [0.4, 0.5) is 0 Å². The van der Waals surface area contributed by atoms with E-state index in [0.717, 1.165) is 37.6 Å². The fraction of sp³-hybridized carbons (Fsp3) is 0.500. The Bertz CT molecular complexity index is 789. The van der Waals surface area contributed by atoms with Crippen LogP contribution in [0.3, 0.4) is 0 Å². The van der Waals surface area contributed by atoms with Gasteiger partial charge in [-0.3, -0.25) is 9.59 Å². The third-order valence-corrected chi connectivity index (χ3v) is 5.63. The third-order valence-electron chi connectivity index (χ3n) is 5.63. The van der Waals surface area contributed by atoms with Gasteiger partial charge >= 0.3 is 0 Å². The van der Waals surface area contributed by atoms with Gasteiger partial charge < -0.3 is 15.2 Å². The topological polar surface area (TPSA) is 65.2 Å². The average Bonchev–Trinajstić information content (AvgIpc) is 3.04. The van der Waals surface area contributed by atoms with Crippen LogP contribution in [-0.4, -0.2) is 34.8 Å². The smallest absolute Gasteiger partial charge is 0.242 e. The molecule has 0 spiro atoms. The summed E-state index contributed by atoms with van der Waals surface area (Å²) in [7, 11) is 0. The molecule has 1 aromatic heterocycles. The predicted octanol–water partition coefficient (Wildman–Crippen LogP) is 2.75. The monoisotopic (exact) mass is 339 g/mol. The predicted molar refractivity (Wildman–Crippen MR) is 97.0 cm³/mol. The minimum absolute atomic E-state index is 0.0140. The summed E-state index contributed by atoms with van der Waals surface area (Å²) < 4.78 is 0. The Labute approximate surface area is 147 Å². The summed E-state index contributed by atoms with van der Waals surface area (Å²) in [6.45, 7) is 1.45. The van der Waals surface area contributed by atoms with E-state index in [-0.39, 0.29) is 24.3 Å². The maximum absolute atomic E-state index is 12.6. The molecule has 1 aliphatic heterocycles. The second kappa shape index (κ2) is 6.90. The Morgan fingerprint density at radius 1 is 1.16 bits per heavy atom. The molecule has 132 valence electrons. The minimum Gasteiger partial charge on any atom is -0.358 e. The van der Waals surface area contributed by atoms with Crippen LogP contribution in [0.15, 0.2) is 24.3 Å². The Morgan fingerprint density at radius 2 is 1.96 bits per heavy atom. The van der Waals surface area contributed by atoms with Gasteiger partial charge in [0, 0.05) is 47.6 Å². The molecule has 25 heavy (non-hydrogen) atoms. The van der Waals surface area contributed by atoms with Crippen LogP contribution in [0.25, 0.3) is 10.9 Å². The molecule has 5 nitrogen and oxygen atoms in total. The van der Waals surface area contributed by atoms with Gasteiger partial charge in [-0.1, -0.05) is 37.5 Å². The van der Waals surface area contributed by atoms with Crippen molar-refractivity contribution in [3.63, 3.8) is 0 Å². The van der Waals surface area contributed by atoms with Gasteiger partial charge in [-0.15, -0.1) is 0 Å². The summed E-state index contributed by atoms with van der Waals surface area (Å²) in [5.41, 5.74) is 3.58. The van der Waals surface area contributed by atoms with Crippen LogP contribution >= 0.6 is 0 Å². The molecule has 0 atom stereocenters. The highest BCUT2D eigenvalue weighted by molar-refractivity contribution is 5.88. The van der Waals surface area contributed by atoms with E-state index in [9.17, 15) is 9.59 Å². The van der Waals surface area contributed by atoms with Gasteiger partial charge in [0.2, 0.25) is 11.8 Å². The molecular weight excluding hydrogens is 314 g/mol. The fourth-order valence-electron chi connectivity index (χ4n) is 4.16. The first kappa shape index (κ1) is 16.2. The fourth-order valence-corrected chi connectivity index (χ4v) is 4.16. The van der Waals surface area contributed by atoms with E-state index in [2.05, 4.69) is 22.4 Å². The molecule has 5 heteroatoms. The first-order valence-electron chi connectivity index (χ1n) is 9.36. The summed E-state index contributed by atoms with van der Waals surface area (Å²) in [5, 5.41) is 4.06. The molecule has 0 bridgehead atoms. The molecule has 1 fully saturated rings. The molecule has 2 N–H and O–H groups in total. The first-order valence-corrected chi connectivity index (χ1v) is 9.36. The van der Waals surface area contributed by atoms with Crippen molar-refractivity contribution in [1.29, 1.82) is 0 Å². The number of hydrogen-bond acceptors (Lipinski definition) is 2. The second-order valence-corrected chi connectivity index (χ2v) is 7.25. The van der Waals surface area contributed by atoms with Crippen molar-refractivity contribution in [2.24, 2.45) is 5.92 Å². The van der Waals surface area contributed by atoms with Crippen LogP contribution in [0, 0.1) is 5.92 Å².